The Morgan fingerprint density at radius 2 is 2.04 bits per heavy atom. The van der Waals surface area contributed by atoms with Gasteiger partial charge in [-0.25, -0.2) is 0 Å². The smallest absolute Gasteiger partial charge is 0.370 e. The van der Waals surface area contributed by atoms with Gasteiger partial charge in [-0.15, -0.1) is 0 Å². The molecular weight excluding hydrogens is 311 g/mol. The molecule has 2 rings (SSSR count). The molecule has 0 radical (unpaired) electrons. The van der Waals surface area contributed by atoms with Crippen LogP contribution in [0.15, 0.2) is 24.3 Å². The van der Waals surface area contributed by atoms with E-state index in [4.69, 9.17) is 9.47 Å². The zero-order chi connectivity index (χ0) is 17.0. The maximum atomic E-state index is 12.6. The van der Waals surface area contributed by atoms with Gasteiger partial charge in [0, 0.05) is 13.2 Å². The normalized spacial score (nSPS) is 20.4. The zero-order valence-electron chi connectivity index (χ0n) is 13.1. The molecule has 0 aliphatic carbocycles. The van der Waals surface area contributed by atoms with Gasteiger partial charge in [0.25, 0.3) is 5.91 Å². The molecule has 4 nitrogen and oxygen atoms in total. The first kappa shape index (κ1) is 17.7. The van der Waals surface area contributed by atoms with Crippen molar-refractivity contribution in [1.82, 2.24) is 4.90 Å². The molecule has 0 saturated carbocycles. The highest BCUT2D eigenvalue weighted by molar-refractivity contribution is 5.80. The number of alkyl halides is 3. The molecule has 1 aliphatic rings. The minimum atomic E-state index is -4.36. The number of amides is 1. The number of carbonyl (C=O) groups excluding carboxylic acids is 1. The number of carbonyl (C=O) groups is 1. The van der Waals surface area contributed by atoms with Gasteiger partial charge in [0.2, 0.25) is 0 Å². The largest absolute Gasteiger partial charge is 0.416 e. The molecule has 1 aliphatic heterocycles. The van der Waals surface area contributed by atoms with Crippen molar-refractivity contribution >= 4 is 5.91 Å². The molecule has 0 spiro atoms. The molecule has 1 aromatic rings. The Hall–Kier alpha value is -1.60. The lowest BCUT2D eigenvalue weighted by Gasteiger charge is -2.34. The molecule has 0 unspecified atom stereocenters. The minimum Gasteiger partial charge on any atom is -0.370 e. The number of hydrogen-bond donors (Lipinski definition) is 0. The van der Waals surface area contributed by atoms with Crippen molar-refractivity contribution in [3.8, 4) is 0 Å². The molecule has 1 aromatic carbocycles. The molecule has 0 N–H and O–H groups in total. The first-order valence-electron chi connectivity index (χ1n) is 7.52. The van der Waals surface area contributed by atoms with Crippen LogP contribution in [-0.2, 0) is 20.4 Å². The molecule has 0 bridgehead atoms. The van der Waals surface area contributed by atoms with E-state index in [2.05, 4.69) is 0 Å². The van der Waals surface area contributed by atoms with E-state index in [1.165, 1.54) is 12.1 Å². The summed E-state index contributed by atoms with van der Waals surface area (Å²) in [4.78, 5) is 13.9. The third-order valence-electron chi connectivity index (χ3n) is 3.75. The van der Waals surface area contributed by atoms with Crippen LogP contribution in [-0.4, -0.2) is 43.2 Å². The van der Waals surface area contributed by atoms with Gasteiger partial charge >= 0.3 is 6.18 Å². The summed E-state index contributed by atoms with van der Waals surface area (Å²) in [5.74, 6) is -0.132. The highest BCUT2D eigenvalue weighted by atomic mass is 19.4. The van der Waals surface area contributed by atoms with E-state index in [1.807, 2.05) is 6.92 Å². The predicted molar refractivity (Wildman–Crippen MR) is 77.8 cm³/mol. The van der Waals surface area contributed by atoms with Gasteiger partial charge in [0.05, 0.1) is 18.7 Å². The molecule has 2 atom stereocenters. The second-order valence-electron chi connectivity index (χ2n) is 5.36. The van der Waals surface area contributed by atoms with E-state index in [0.717, 1.165) is 12.1 Å². The number of rotatable bonds is 4. The molecule has 1 heterocycles. The Balaban J connectivity index is 2.05. The number of benzene rings is 1. The zero-order valence-corrected chi connectivity index (χ0v) is 13.1. The van der Waals surface area contributed by atoms with Gasteiger partial charge in [-0.3, -0.25) is 4.79 Å². The maximum Gasteiger partial charge on any atom is 0.416 e. The summed E-state index contributed by atoms with van der Waals surface area (Å²) in [6.45, 7) is 5.05. The second-order valence-corrected chi connectivity index (χ2v) is 5.36. The Bertz CT molecular complexity index is 530. The van der Waals surface area contributed by atoms with Crippen molar-refractivity contribution in [3.05, 3.63) is 35.4 Å². The van der Waals surface area contributed by atoms with Crippen LogP contribution < -0.4 is 0 Å². The molecule has 1 saturated heterocycles. The van der Waals surface area contributed by atoms with Gasteiger partial charge in [0.15, 0.2) is 0 Å². The lowest BCUT2D eigenvalue weighted by molar-refractivity contribution is -0.150. The Labute approximate surface area is 133 Å². The van der Waals surface area contributed by atoms with E-state index in [-0.39, 0.29) is 5.91 Å². The SMILES string of the molecule is CCO[C@@H](C)C(=O)N1CCO[C@@H](c2ccc(C(F)(F)F)cc2)C1. The van der Waals surface area contributed by atoms with Crippen LogP contribution in [0.1, 0.15) is 31.1 Å². The van der Waals surface area contributed by atoms with Crippen molar-refractivity contribution in [2.75, 3.05) is 26.3 Å². The van der Waals surface area contributed by atoms with Crippen LogP contribution in [0.5, 0.6) is 0 Å². The third kappa shape index (κ3) is 4.45. The molecule has 23 heavy (non-hydrogen) atoms. The summed E-state index contributed by atoms with van der Waals surface area (Å²) in [5, 5.41) is 0. The van der Waals surface area contributed by atoms with Crippen molar-refractivity contribution in [2.45, 2.75) is 32.2 Å². The van der Waals surface area contributed by atoms with E-state index >= 15 is 0 Å². The lowest BCUT2D eigenvalue weighted by atomic mass is 10.0. The number of morpholine rings is 1. The Kier molecular flexibility index (Phi) is 5.64. The highest BCUT2D eigenvalue weighted by Gasteiger charge is 2.32. The van der Waals surface area contributed by atoms with Crippen LogP contribution in [0.25, 0.3) is 0 Å². The summed E-state index contributed by atoms with van der Waals surface area (Å²) in [6, 6.07) is 4.85. The number of hydrogen-bond acceptors (Lipinski definition) is 3. The van der Waals surface area contributed by atoms with E-state index in [1.54, 1.807) is 11.8 Å². The summed E-state index contributed by atoms with van der Waals surface area (Å²) < 4.78 is 48.7. The summed E-state index contributed by atoms with van der Waals surface area (Å²) in [6.07, 6.45) is -5.32. The van der Waals surface area contributed by atoms with E-state index in [0.29, 0.717) is 31.9 Å². The Morgan fingerprint density at radius 1 is 1.39 bits per heavy atom. The second kappa shape index (κ2) is 7.31. The topological polar surface area (TPSA) is 38.8 Å². The Morgan fingerprint density at radius 3 is 2.61 bits per heavy atom. The summed E-state index contributed by atoms with van der Waals surface area (Å²) in [5.41, 5.74) is -0.0745. The van der Waals surface area contributed by atoms with Crippen LogP contribution in [0, 0.1) is 0 Å². The fourth-order valence-electron chi connectivity index (χ4n) is 2.52. The van der Waals surface area contributed by atoms with Gasteiger partial charge < -0.3 is 14.4 Å². The highest BCUT2D eigenvalue weighted by Crippen LogP contribution is 2.31. The number of halogens is 3. The maximum absolute atomic E-state index is 12.6. The fourth-order valence-corrected chi connectivity index (χ4v) is 2.52. The van der Waals surface area contributed by atoms with E-state index < -0.39 is 23.9 Å². The number of ether oxygens (including phenoxy) is 2. The minimum absolute atomic E-state index is 0.132. The summed E-state index contributed by atoms with van der Waals surface area (Å²) >= 11 is 0. The monoisotopic (exact) mass is 331 g/mol. The molecule has 0 aromatic heterocycles. The van der Waals surface area contributed by atoms with Crippen LogP contribution in [0.3, 0.4) is 0 Å². The third-order valence-corrected chi connectivity index (χ3v) is 3.75. The van der Waals surface area contributed by atoms with Crippen LogP contribution >= 0.6 is 0 Å². The van der Waals surface area contributed by atoms with Crippen molar-refractivity contribution in [1.29, 1.82) is 0 Å². The molecule has 128 valence electrons. The molecule has 7 heteroatoms. The first-order chi connectivity index (χ1) is 10.8. The van der Waals surface area contributed by atoms with Crippen molar-refractivity contribution in [2.24, 2.45) is 0 Å². The number of nitrogens with zero attached hydrogens (tertiary/aromatic N) is 1. The lowest BCUT2D eigenvalue weighted by Crippen LogP contribution is -2.46. The van der Waals surface area contributed by atoms with E-state index in [9.17, 15) is 18.0 Å². The average Bonchev–Trinajstić information content (AvgIpc) is 2.54. The van der Waals surface area contributed by atoms with Crippen molar-refractivity contribution in [3.63, 3.8) is 0 Å². The van der Waals surface area contributed by atoms with Crippen LogP contribution in [0.2, 0.25) is 0 Å². The first-order valence-corrected chi connectivity index (χ1v) is 7.52. The van der Waals surface area contributed by atoms with Crippen LogP contribution in [0.4, 0.5) is 13.2 Å². The van der Waals surface area contributed by atoms with Gasteiger partial charge in [-0.2, -0.15) is 13.2 Å². The fraction of sp³-hybridized carbons (Fsp3) is 0.562. The van der Waals surface area contributed by atoms with Crippen molar-refractivity contribution < 1.29 is 27.4 Å². The standard InChI is InChI=1S/C16H20F3NO3/c1-3-22-11(2)15(21)20-8-9-23-14(10-20)12-4-6-13(7-5-12)16(17,18)19/h4-7,11,14H,3,8-10H2,1-2H3/t11-,14+/m0/s1. The van der Waals surface area contributed by atoms with Gasteiger partial charge in [0.1, 0.15) is 12.2 Å². The quantitative estimate of drug-likeness (QED) is 0.851. The molecule has 1 amide bonds. The molecular formula is C16H20F3NO3. The molecule has 1 fully saturated rings. The van der Waals surface area contributed by atoms with Gasteiger partial charge in [-0.05, 0) is 31.5 Å². The van der Waals surface area contributed by atoms with Gasteiger partial charge in [-0.1, -0.05) is 12.1 Å². The summed E-state index contributed by atoms with van der Waals surface area (Å²) in [7, 11) is 0. The predicted octanol–water partition coefficient (Wildman–Crippen LogP) is 3.03. The average molecular weight is 331 g/mol.